The Balaban J connectivity index is 2.37. The molecule has 2 N–H and O–H groups in total. The average Bonchev–Trinajstić information content (AvgIpc) is 3.05. The fourth-order valence-electron chi connectivity index (χ4n) is 3.53. The van der Waals surface area contributed by atoms with Crippen LogP contribution in [0.15, 0.2) is 48.5 Å². The van der Waals surface area contributed by atoms with Crippen LogP contribution in [-0.4, -0.2) is 35.1 Å². The molecule has 1 amide bonds. The number of fused-ring (bicyclic) bond motifs is 1. The number of ether oxygens (including phenoxy) is 1. The fourth-order valence-corrected chi connectivity index (χ4v) is 3.53. The monoisotopic (exact) mass is 392 g/mol. The van der Waals surface area contributed by atoms with Crippen molar-refractivity contribution in [3.05, 3.63) is 70.9 Å². The highest BCUT2D eigenvalue weighted by atomic mass is 16.5. The van der Waals surface area contributed by atoms with Crippen LogP contribution in [0.3, 0.4) is 0 Å². The zero-order valence-corrected chi connectivity index (χ0v) is 16.1. The summed E-state index contributed by atoms with van der Waals surface area (Å²) in [4.78, 5) is 48.9. The molecule has 0 saturated heterocycles. The van der Waals surface area contributed by atoms with Crippen LogP contribution < -0.4 is 5.73 Å². The molecular formula is C22H20N2O5. The summed E-state index contributed by atoms with van der Waals surface area (Å²) >= 11 is 0. The van der Waals surface area contributed by atoms with Crippen LogP contribution >= 0.6 is 0 Å². The van der Waals surface area contributed by atoms with Crippen LogP contribution in [-0.2, 0) is 27.3 Å². The highest BCUT2D eigenvalue weighted by Crippen LogP contribution is 2.31. The number of amides is 1. The molecule has 7 nitrogen and oxygen atoms in total. The van der Waals surface area contributed by atoms with Crippen LogP contribution in [0, 0.1) is 0 Å². The number of esters is 1. The number of benzene rings is 2. The number of nitrogens with two attached hydrogens (primary N) is 1. The lowest BCUT2D eigenvalue weighted by Gasteiger charge is -2.10. The average molecular weight is 392 g/mol. The second-order valence-corrected chi connectivity index (χ2v) is 6.46. The van der Waals surface area contributed by atoms with E-state index in [1.807, 2.05) is 41.8 Å². The largest absolute Gasteiger partial charge is 0.463 e. The molecule has 0 fully saturated rings. The maximum Gasteiger partial charge on any atom is 0.379 e. The van der Waals surface area contributed by atoms with Gasteiger partial charge in [0, 0.05) is 23.2 Å². The number of hydrogen-bond donors (Lipinski definition) is 1. The SMILES string of the molecule is CCc1c(C(=O)C(N)=O)c2c(C(=O)C(=O)OC)cccc2n1Cc1ccccc1. The van der Waals surface area contributed by atoms with Crippen molar-refractivity contribution >= 4 is 34.3 Å². The Bertz CT molecular complexity index is 1130. The normalized spacial score (nSPS) is 10.7. The maximum atomic E-state index is 12.7. The van der Waals surface area contributed by atoms with Gasteiger partial charge in [-0.25, -0.2) is 4.79 Å². The predicted octanol–water partition coefficient (Wildman–Crippen LogP) is 2.28. The lowest BCUT2D eigenvalue weighted by molar-refractivity contribution is -0.135. The summed E-state index contributed by atoms with van der Waals surface area (Å²) < 4.78 is 6.42. The molecule has 0 atom stereocenters. The molecule has 7 heteroatoms. The highest BCUT2D eigenvalue weighted by Gasteiger charge is 2.30. The van der Waals surface area contributed by atoms with Crippen molar-refractivity contribution in [2.24, 2.45) is 5.73 Å². The molecule has 0 aliphatic heterocycles. The van der Waals surface area contributed by atoms with Gasteiger partial charge in [-0.1, -0.05) is 43.3 Å². The molecule has 0 aliphatic carbocycles. The van der Waals surface area contributed by atoms with Crippen LogP contribution in [0.4, 0.5) is 0 Å². The summed E-state index contributed by atoms with van der Waals surface area (Å²) in [7, 11) is 1.11. The Morgan fingerprint density at radius 2 is 1.66 bits per heavy atom. The fraction of sp³-hybridized carbons (Fsp3) is 0.182. The first-order valence-corrected chi connectivity index (χ1v) is 9.05. The lowest BCUT2D eigenvalue weighted by Crippen LogP contribution is -2.25. The molecule has 148 valence electrons. The van der Waals surface area contributed by atoms with Gasteiger partial charge in [-0.05, 0) is 24.1 Å². The first-order valence-electron chi connectivity index (χ1n) is 9.05. The first kappa shape index (κ1) is 20.0. The molecule has 0 bridgehead atoms. The zero-order valence-electron chi connectivity index (χ0n) is 16.1. The minimum absolute atomic E-state index is 0.000427. The number of primary amides is 1. The molecule has 2 aromatic carbocycles. The Hall–Kier alpha value is -3.74. The Morgan fingerprint density at radius 1 is 0.966 bits per heavy atom. The molecule has 3 aromatic rings. The van der Waals surface area contributed by atoms with E-state index in [9.17, 15) is 19.2 Å². The predicted molar refractivity (Wildman–Crippen MR) is 107 cm³/mol. The molecular weight excluding hydrogens is 372 g/mol. The second-order valence-electron chi connectivity index (χ2n) is 6.46. The van der Waals surface area contributed by atoms with E-state index in [2.05, 4.69) is 4.74 Å². The maximum absolute atomic E-state index is 12.7. The minimum Gasteiger partial charge on any atom is -0.463 e. The van der Waals surface area contributed by atoms with Gasteiger partial charge in [-0.15, -0.1) is 0 Å². The van der Waals surface area contributed by atoms with Gasteiger partial charge < -0.3 is 15.0 Å². The van der Waals surface area contributed by atoms with Gasteiger partial charge in [0.05, 0.1) is 18.2 Å². The van der Waals surface area contributed by atoms with E-state index in [1.54, 1.807) is 12.1 Å². The quantitative estimate of drug-likeness (QED) is 0.377. The van der Waals surface area contributed by atoms with Gasteiger partial charge in [0.15, 0.2) is 0 Å². The van der Waals surface area contributed by atoms with Crippen LogP contribution in [0.2, 0.25) is 0 Å². The standard InChI is InChI=1S/C22H20N2O5/c1-3-15-18(20(26)21(23)27)17-14(19(25)22(28)29-2)10-7-11-16(17)24(15)12-13-8-5-4-6-9-13/h4-11H,3,12H2,1-2H3,(H2,23,27). The van der Waals surface area contributed by atoms with E-state index in [1.165, 1.54) is 6.07 Å². The number of Topliss-reactive ketones (excluding diaryl/α,β-unsaturated/α-hetero) is 2. The summed E-state index contributed by atoms with van der Waals surface area (Å²) in [6.07, 6.45) is 0.418. The molecule has 0 saturated carbocycles. The number of aromatic nitrogens is 1. The van der Waals surface area contributed by atoms with E-state index in [-0.39, 0.29) is 16.5 Å². The highest BCUT2D eigenvalue weighted by molar-refractivity contribution is 6.48. The number of hydrogen-bond acceptors (Lipinski definition) is 5. The van der Waals surface area contributed by atoms with E-state index in [0.29, 0.717) is 24.2 Å². The van der Waals surface area contributed by atoms with E-state index < -0.39 is 23.4 Å². The van der Waals surface area contributed by atoms with Gasteiger partial charge in [0.2, 0.25) is 0 Å². The molecule has 3 rings (SSSR count). The Morgan fingerprint density at radius 3 is 2.24 bits per heavy atom. The van der Waals surface area contributed by atoms with Gasteiger partial charge in [0.25, 0.3) is 17.5 Å². The molecule has 0 unspecified atom stereocenters. The number of nitrogens with zero attached hydrogens (tertiary/aromatic N) is 1. The third-order valence-corrected chi connectivity index (χ3v) is 4.78. The van der Waals surface area contributed by atoms with Crippen molar-refractivity contribution in [1.29, 1.82) is 0 Å². The Labute approximate surface area is 167 Å². The third kappa shape index (κ3) is 3.54. The number of methoxy groups -OCH3 is 1. The molecule has 0 aliphatic rings. The van der Waals surface area contributed by atoms with E-state index in [0.717, 1.165) is 12.7 Å². The summed E-state index contributed by atoms with van der Waals surface area (Å²) in [5.74, 6) is -3.97. The van der Waals surface area contributed by atoms with Crippen molar-refractivity contribution in [1.82, 2.24) is 4.57 Å². The van der Waals surface area contributed by atoms with E-state index >= 15 is 0 Å². The summed E-state index contributed by atoms with van der Waals surface area (Å²) in [6, 6.07) is 14.4. The number of rotatable bonds is 7. The summed E-state index contributed by atoms with van der Waals surface area (Å²) in [5, 5.41) is 0.236. The zero-order chi connectivity index (χ0) is 21.1. The smallest absolute Gasteiger partial charge is 0.379 e. The van der Waals surface area contributed by atoms with Crippen molar-refractivity contribution < 1.29 is 23.9 Å². The number of carbonyl (C=O) groups excluding carboxylic acids is 4. The van der Waals surface area contributed by atoms with Gasteiger partial charge >= 0.3 is 5.97 Å². The Kier molecular flexibility index (Phi) is 5.59. The first-order chi connectivity index (χ1) is 13.9. The van der Waals surface area contributed by atoms with Gasteiger partial charge in [-0.3, -0.25) is 14.4 Å². The van der Waals surface area contributed by atoms with Crippen LogP contribution in [0.1, 0.15) is 38.9 Å². The van der Waals surface area contributed by atoms with Crippen molar-refractivity contribution in [2.45, 2.75) is 19.9 Å². The van der Waals surface area contributed by atoms with Crippen molar-refractivity contribution in [3.63, 3.8) is 0 Å². The lowest BCUT2D eigenvalue weighted by atomic mass is 9.98. The summed E-state index contributed by atoms with van der Waals surface area (Å²) in [6.45, 7) is 2.26. The molecule has 0 radical (unpaired) electrons. The van der Waals surface area contributed by atoms with Crippen molar-refractivity contribution in [3.8, 4) is 0 Å². The molecule has 0 spiro atoms. The van der Waals surface area contributed by atoms with Crippen LogP contribution in [0.5, 0.6) is 0 Å². The van der Waals surface area contributed by atoms with E-state index in [4.69, 9.17) is 5.73 Å². The van der Waals surface area contributed by atoms with Gasteiger partial charge in [0.1, 0.15) is 0 Å². The summed E-state index contributed by atoms with van der Waals surface area (Å²) in [5.41, 5.74) is 7.44. The van der Waals surface area contributed by atoms with Crippen molar-refractivity contribution in [2.75, 3.05) is 7.11 Å². The van der Waals surface area contributed by atoms with Gasteiger partial charge in [-0.2, -0.15) is 0 Å². The molecule has 29 heavy (non-hydrogen) atoms. The molecule has 1 heterocycles. The number of ketones is 2. The third-order valence-electron chi connectivity index (χ3n) is 4.78. The second kappa shape index (κ2) is 8.10. The number of carbonyl (C=O) groups is 4. The minimum atomic E-state index is -1.13. The van der Waals surface area contributed by atoms with Crippen LogP contribution in [0.25, 0.3) is 10.9 Å². The molecule has 1 aromatic heterocycles. The topological polar surface area (TPSA) is 108 Å².